The van der Waals surface area contributed by atoms with Crippen molar-refractivity contribution in [2.24, 2.45) is 5.84 Å². The lowest BCUT2D eigenvalue weighted by molar-refractivity contribution is 0.0948. The van der Waals surface area contributed by atoms with Gasteiger partial charge in [-0.25, -0.2) is 15.8 Å². The molecule has 1 amide bonds. The highest BCUT2D eigenvalue weighted by Crippen LogP contribution is 2.03. The minimum atomic E-state index is -0.485. The van der Waals surface area contributed by atoms with Crippen molar-refractivity contribution in [1.82, 2.24) is 20.0 Å². The highest BCUT2D eigenvalue weighted by atomic mass is 79.9. The van der Waals surface area contributed by atoms with Crippen LogP contribution in [0, 0.1) is 0 Å². The summed E-state index contributed by atoms with van der Waals surface area (Å²) in [7, 11) is 0. The highest BCUT2D eigenvalue weighted by molar-refractivity contribution is 9.10. The molecule has 7 nitrogen and oxygen atoms in total. The molecular formula is C11H10BrN5O2. The van der Waals surface area contributed by atoms with Crippen molar-refractivity contribution < 1.29 is 4.79 Å². The molecule has 0 aliphatic carbocycles. The van der Waals surface area contributed by atoms with E-state index in [1.807, 2.05) is 5.43 Å². The van der Waals surface area contributed by atoms with Crippen molar-refractivity contribution in [3.05, 3.63) is 56.9 Å². The van der Waals surface area contributed by atoms with Crippen molar-refractivity contribution in [3.63, 3.8) is 0 Å². The second-order valence-corrected chi connectivity index (χ2v) is 4.52. The average Bonchev–Trinajstić information content (AvgIpc) is 2.43. The van der Waals surface area contributed by atoms with Crippen LogP contribution in [-0.4, -0.2) is 20.4 Å². The van der Waals surface area contributed by atoms with Crippen LogP contribution in [0.5, 0.6) is 0 Å². The van der Waals surface area contributed by atoms with Crippen LogP contribution >= 0.6 is 15.9 Å². The van der Waals surface area contributed by atoms with Gasteiger partial charge in [0.25, 0.3) is 11.5 Å². The number of carbonyl (C=O) groups excluding carboxylic acids is 1. The first-order chi connectivity index (χ1) is 9.11. The van der Waals surface area contributed by atoms with Crippen LogP contribution in [0.25, 0.3) is 0 Å². The van der Waals surface area contributed by atoms with Crippen molar-refractivity contribution >= 4 is 21.8 Å². The Morgan fingerprint density at radius 3 is 3.00 bits per heavy atom. The van der Waals surface area contributed by atoms with Crippen molar-refractivity contribution in [1.29, 1.82) is 0 Å². The molecule has 0 atom stereocenters. The number of pyridine rings is 1. The maximum atomic E-state index is 11.8. The average molecular weight is 324 g/mol. The molecule has 0 aromatic carbocycles. The van der Waals surface area contributed by atoms with Gasteiger partial charge in [0.1, 0.15) is 10.2 Å². The summed E-state index contributed by atoms with van der Waals surface area (Å²) in [5.41, 5.74) is 2.54. The van der Waals surface area contributed by atoms with E-state index in [0.29, 0.717) is 10.2 Å². The molecule has 0 fully saturated rings. The summed E-state index contributed by atoms with van der Waals surface area (Å²) in [6.07, 6.45) is 2.83. The number of aromatic nitrogens is 3. The zero-order chi connectivity index (χ0) is 13.8. The molecule has 2 aromatic heterocycles. The van der Waals surface area contributed by atoms with Crippen LogP contribution in [0.15, 0.2) is 40.0 Å². The summed E-state index contributed by atoms with van der Waals surface area (Å²) in [5.74, 6) is 4.56. The van der Waals surface area contributed by atoms with Crippen LogP contribution in [0.4, 0.5) is 0 Å². The largest absolute Gasteiger partial charge is 0.292 e. The van der Waals surface area contributed by atoms with Crippen molar-refractivity contribution in [2.75, 3.05) is 0 Å². The van der Waals surface area contributed by atoms with Gasteiger partial charge in [0.05, 0.1) is 18.6 Å². The molecule has 98 valence electrons. The number of nitrogens with one attached hydrogen (secondary N) is 1. The SMILES string of the molecule is NNC(=O)c1cccc(Cn2cncc(Br)c2=O)n1. The number of amides is 1. The molecule has 0 saturated heterocycles. The molecule has 0 spiro atoms. The molecular weight excluding hydrogens is 314 g/mol. The summed E-state index contributed by atoms with van der Waals surface area (Å²) in [4.78, 5) is 31.2. The van der Waals surface area contributed by atoms with Gasteiger partial charge in [-0.05, 0) is 28.1 Å². The smallest absolute Gasteiger partial charge is 0.283 e. The molecule has 3 N–H and O–H groups in total. The summed E-state index contributed by atoms with van der Waals surface area (Å²) < 4.78 is 1.75. The first kappa shape index (κ1) is 13.4. The van der Waals surface area contributed by atoms with E-state index in [4.69, 9.17) is 5.84 Å². The third kappa shape index (κ3) is 3.04. The number of carbonyl (C=O) groups is 1. The van der Waals surface area contributed by atoms with E-state index in [-0.39, 0.29) is 17.8 Å². The first-order valence-corrected chi connectivity index (χ1v) is 6.08. The zero-order valence-corrected chi connectivity index (χ0v) is 11.3. The van der Waals surface area contributed by atoms with E-state index in [2.05, 4.69) is 25.9 Å². The maximum Gasteiger partial charge on any atom is 0.283 e. The molecule has 0 aliphatic heterocycles. The van der Waals surface area contributed by atoms with Gasteiger partial charge >= 0.3 is 0 Å². The lowest BCUT2D eigenvalue weighted by Gasteiger charge is -2.06. The normalized spacial score (nSPS) is 10.2. The summed E-state index contributed by atoms with van der Waals surface area (Å²) >= 11 is 3.11. The fourth-order valence-electron chi connectivity index (χ4n) is 1.48. The first-order valence-electron chi connectivity index (χ1n) is 5.28. The minimum Gasteiger partial charge on any atom is -0.292 e. The van der Waals surface area contributed by atoms with Crippen LogP contribution < -0.4 is 16.8 Å². The van der Waals surface area contributed by atoms with E-state index in [1.54, 1.807) is 12.1 Å². The number of nitrogen functional groups attached to an aromatic ring is 1. The lowest BCUT2D eigenvalue weighted by atomic mass is 10.3. The zero-order valence-electron chi connectivity index (χ0n) is 9.71. The number of hydrogen-bond acceptors (Lipinski definition) is 5. The van der Waals surface area contributed by atoms with Crippen molar-refractivity contribution in [3.8, 4) is 0 Å². The third-order valence-electron chi connectivity index (χ3n) is 2.36. The Morgan fingerprint density at radius 2 is 2.26 bits per heavy atom. The Labute approximate surface area is 116 Å². The fraction of sp³-hybridized carbons (Fsp3) is 0.0909. The molecule has 0 unspecified atom stereocenters. The van der Waals surface area contributed by atoms with Gasteiger partial charge in [-0.15, -0.1) is 0 Å². The monoisotopic (exact) mass is 323 g/mol. The second kappa shape index (κ2) is 5.72. The van der Waals surface area contributed by atoms with Gasteiger partial charge in [0, 0.05) is 6.20 Å². The number of hydrogen-bond donors (Lipinski definition) is 2. The standard InChI is InChI=1S/C11H10BrN5O2/c12-8-4-14-6-17(11(8)19)5-7-2-1-3-9(15-7)10(18)16-13/h1-4,6H,5,13H2,(H,16,18). The van der Waals surface area contributed by atoms with E-state index >= 15 is 0 Å². The van der Waals surface area contributed by atoms with Crippen molar-refractivity contribution in [2.45, 2.75) is 6.54 Å². The number of nitrogens with two attached hydrogens (primary N) is 1. The Balaban J connectivity index is 2.31. The van der Waals surface area contributed by atoms with Crippen LogP contribution in [-0.2, 0) is 6.54 Å². The summed E-state index contributed by atoms with van der Waals surface area (Å²) in [6, 6.07) is 4.91. The predicted octanol–water partition coefficient (Wildman–Crippen LogP) is 0.0526. The van der Waals surface area contributed by atoms with E-state index in [0.717, 1.165) is 0 Å². The van der Waals surface area contributed by atoms with Gasteiger partial charge < -0.3 is 0 Å². The molecule has 2 heterocycles. The number of nitrogens with zero attached hydrogens (tertiary/aromatic N) is 3. The van der Waals surface area contributed by atoms with E-state index in [9.17, 15) is 9.59 Å². The molecule has 8 heteroatoms. The Bertz CT molecular complexity index is 670. The topological polar surface area (TPSA) is 103 Å². The molecule has 0 saturated carbocycles. The minimum absolute atomic E-state index is 0.191. The predicted molar refractivity (Wildman–Crippen MR) is 71.2 cm³/mol. The number of halogens is 1. The maximum absolute atomic E-state index is 11.8. The van der Waals surface area contributed by atoms with Gasteiger partial charge in [-0.1, -0.05) is 6.07 Å². The number of hydrazine groups is 1. The van der Waals surface area contributed by atoms with Gasteiger partial charge in [-0.2, -0.15) is 0 Å². The van der Waals surface area contributed by atoms with Gasteiger partial charge in [0.2, 0.25) is 0 Å². The third-order valence-corrected chi connectivity index (χ3v) is 2.91. The summed E-state index contributed by atoms with van der Waals surface area (Å²) in [6.45, 7) is 0.219. The molecule has 2 rings (SSSR count). The summed E-state index contributed by atoms with van der Waals surface area (Å²) in [5, 5.41) is 0. The van der Waals surface area contributed by atoms with Crippen LogP contribution in [0.3, 0.4) is 0 Å². The Kier molecular flexibility index (Phi) is 4.03. The lowest BCUT2D eigenvalue weighted by Crippen LogP contribution is -2.31. The highest BCUT2D eigenvalue weighted by Gasteiger charge is 2.07. The Morgan fingerprint density at radius 1 is 1.47 bits per heavy atom. The van der Waals surface area contributed by atoms with E-state index < -0.39 is 5.91 Å². The molecule has 0 radical (unpaired) electrons. The molecule has 19 heavy (non-hydrogen) atoms. The van der Waals surface area contributed by atoms with Gasteiger partial charge in [-0.3, -0.25) is 19.6 Å². The van der Waals surface area contributed by atoms with E-state index in [1.165, 1.54) is 23.2 Å². The van der Waals surface area contributed by atoms with Crippen LogP contribution in [0.1, 0.15) is 16.2 Å². The quantitative estimate of drug-likeness (QED) is 0.472. The fourth-order valence-corrected chi connectivity index (χ4v) is 1.83. The molecule has 0 aliphatic rings. The Hall–Kier alpha value is -2.06. The van der Waals surface area contributed by atoms with Crippen LogP contribution in [0.2, 0.25) is 0 Å². The van der Waals surface area contributed by atoms with Gasteiger partial charge in [0.15, 0.2) is 0 Å². The second-order valence-electron chi connectivity index (χ2n) is 3.66. The molecule has 2 aromatic rings. The number of rotatable bonds is 3. The molecule has 0 bridgehead atoms.